The molecule has 11 aromatic rings. The highest BCUT2D eigenvalue weighted by Crippen LogP contribution is 2.43. The second-order valence-electron chi connectivity index (χ2n) is 13.5. The van der Waals surface area contributed by atoms with Gasteiger partial charge in [0.15, 0.2) is 0 Å². The van der Waals surface area contributed by atoms with Gasteiger partial charge in [0.2, 0.25) is 0 Å². The molecule has 0 aliphatic heterocycles. The van der Waals surface area contributed by atoms with Crippen molar-refractivity contribution in [2.75, 3.05) is 0 Å². The summed E-state index contributed by atoms with van der Waals surface area (Å²) in [5, 5.41) is 7.13. The standard InChI is InChI=1S/C48H29N5/c1-3-13-30(14-4-1)37-28-41-42(51-47(40-19-9-11-25-49-40)45(50-41)32-16-5-2-6-17-32)29-38(37)33-22-23-35-39(27-33)44-34-18-8-7-15-31(34)21-24-36(44)46-48(35)53-26-12-10-20-43(53)52-46/h1-29H. The monoisotopic (exact) mass is 675 g/mol. The molecular formula is C48H29N5. The van der Waals surface area contributed by atoms with Crippen LogP contribution in [0.4, 0.5) is 0 Å². The number of benzene rings is 7. The molecule has 53 heavy (non-hydrogen) atoms. The summed E-state index contributed by atoms with van der Waals surface area (Å²) in [6.45, 7) is 0. The van der Waals surface area contributed by atoms with E-state index in [1.54, 1.807) is 0 Å². The maximum atomic E-state index is 5.33. The minimum atomic E-state index is 0.758. The Hall–Kier alpha value is -7.24. The summed E-state index contributed by atoms with van der Waals surface area (Å²) in [5.74, 6) is 0. The van der Waals surface area contributed by atoms with Gasteiger partial charge in [0, 0.05) is 28.7 Å². The lowest BCUT2D eigenvalue weighted by atomic mass is 9.89. The normalized spacial score (nSPS) is 11.8. The van der Waals surface area contributed by atoms with E-state index in [0.717, 1.165) is 83.4 Å². The lowest BCUT2D eigenvalue weighted by Gasteiger charge is -2.16. The van der Waals surface area contributed by atoms with Gasteiger partial charge in [-0.05, 0) is 86.3 Å². The van der Waals surface area contributed by atoms with Crippen LogP contribution in [-0.4, -0.2) is 24.3 Å². The molecule has 0 radical (unpaired) electrons. The van der Waals surface area contributed by atoms with Crippen LogP contribution in [0.2, 0.25) is 0 Å². The van der Waals surface area contributed by atoms with E-state index in [1.165, 1.54) is 21.5 Å². The van der Waals surface area contributed by atoms with Crippen molar-refractivity contribution in [2.24, 2.45) is 0 Å². The van der Waals surface area contributed by atoms with Crippen molar-refractivity contribution in [2.45, 2.75) is 0 Å². The molecule has 5 nitrogen and oxygen atoms in total. The maximum absolute atomic E-state index is 5.33. The van der Waals surface area contributed by atoms with Crippen LogP contribution < -0.4 is 0 Å². The van der Waals surface area contributed by atoms with Gasteiger partial charge in [0.25, 0.3) is 0 Å². The molecule has 5 heteroatoms. The van der Waals surface area contributed by atoms with Crippen molar-refractivity contribution in [3.8, 4) is 44.9 Å². The van der Waals surface area contributed by atoms with Gasteiger partial charge in [0.05, 0.1) is 33.5 Å². The molecule has 0 fully saturated rings. The summed E-state index contributed by atoms with van der Waals surface area (Å²) in [4.78, 5) is 20.5. The fourth-order valence-corrected chi connectivity index (χ4v) is 8.00. The summed E-state index contributed by atoms with van der Waals surface area (Å²) < 4.78 is 2.22. The predicted molar refractivity (Wildman–Crippen MR) is 218 cm³/mol. The zero-order chi connectivity index (χ0) is 34.9. The summed E-state index contributed by atoms with van der Waals surface area (Å²) in [7, 11) is 0. The molecule has 0 saturated carbocycles. The van der Waals surface area contributed by atoms with Crippen molar-refractivity contribution in [1.29, 1.82) is 0 Å². The molecule has 0 N–H and O–H groups in total. The van der Waals surface area contributed by atoms with Crippen LogP contribution in [-0.2, 0) is 0 Å². The average molecular weight is 676 g/mol. The average Bonchev–Trinajstić information content (AvgIpc) is 3.63. The van der Waals surface area contributed by atoms with E-state index in [0.29, 0.717) is 0 Å². The number of rotatable bonds is 4. The Bertz CT molecular complexity index is 3210. The highest BCUT2D eigenvalue weighted by atomic mass is 15.0. The number of pyridine rings is 2. The fraction of sp³-hybridized carbons (Fsp3) is 0. The molecule has 4 heterocycles. The third-order valence-electron chi connectivity index (χ3n) is 10.4. The summed E-state index contributed by atoms with van der Waals surface area (Å²) in [6.07, 6.45) is 3.92. The van der Waals surface area contributed by atoms with E-state index in [4.69, 9.17) is 19.9 Å². The van der Waals surface area contributed by atoms with E-state index < -0.39 is 0 Å². The maximum Gasteiger partial charge on any atom is 0.137 e. The van der Waals surface area contributed by atoms with Crippen LogP contribution in [0, 0.1) is 0 Å². The summed E-state index contributed by atoms with van der Waals surface area (Å²) >= 11 is 0. The summed E-state index contributed by atoms with van der Waals surface area (Å²) in [6, 6.07) is 57.4. The van der Waals surface area contributed by atoms with Crippen LogP contribution in [0.25, 0.3) is 105 Å². The molecule has 7 aromatic carbocycles. The molecule has 0 saturated heterocycles. The van der Waals surface area contributed by atoms with Crippen LogP contribution in [0.15, 0.2) is 176 Å². The molecule has 11 rings (SSSR count). The van der Waals surface area contributed by atoms with Crippen molar-refractivity contribution < 1.29 is 0 Å². The molecule has 0 aliphatic rings. The second-order valence-corrected chi connectivity index (χ2v) is 13.5. The number of aromatic nitrogens is 5. The third-order valence-corrected chi connectivity index (χ3v) is 10.4. The van der Waals surface area contributed by atoms with Gasteiger partial charge in [-0.2, -0.15) is 0 Å². The van der Waals surface area contributed by atoms with Crippen LogP contribution in [0.3, 0.4) is 0 Å². The Kier molecular flexibility index (Phi) is 6.48. The first-order valence-corrected chi connectivity index (χ1v) is 17.8. The van der Waals surface area contributed by atoms with Gasteiger partial charge in [-0.15, -0.1) is 0 Å². The van der Waals surface area contributed by atoms with E-state index in [1.807, 2.05) is 42.6 Å². The Morgan fingerprint density at radius 1 is 0.434 bits per heavy atom. The van der Waals surface area contributed by atoms with E-state index >= 15 is 0 Å². The van der Waals surface area contributed by atoms with Crippen LogP contribution in [0.5, 0.6) is 0 Å². The highest BCUT2D eigenvalue weighted by Gasteiger charge is 2.20. The van der Waals surface area contributed by atoms with Gasteiger partial charge in [-0.25, -0.2) is 15.0 Å². The Balaban J connectivity index is 1.25. The second kappa shape index (κ2) is 11.7. The van der Waals surface area contributed by atoms with Crippen molar-refractivity contribution in [3.63, 3.8) is 0 Å². The van der Waals surface area contributed by atoms with Gasteiger partial charge in [-0.3, -0.25) is 9.38 Å². The minimum absolute atomic E-state index is 0.758. The number of fused-ring (bicyclic) bond motifs is 11. The predicted octanol–water partition coefficient (Wildman–Crippen LogP) is 12.0. The summed E-state index contributed by atoms with van der Waals surface area (Å²) in [5.41, 5.74) is 12.5. The molecule has 246 valence electrons. The first-order valence-electron chi connectivity index (χ1n) is 17.8. The van der Waals surface area contributed by atoms with Crippen LogP contribution in [0.1, 0.15) is 0 Å². The van der Waals surface area contributed by atoms with E-state index in [-0.39, 0.29) is 0 Å². The van der Waals surface area contributed by atoms with Gasteiger partial charge in [0.1, 0.15) is 11.3 Å². The van der Waals surface area contributed by atoms with Crippen molar-refractivity contribution >= 4 is 60.0 Å². The largest absolute Gasteiger partial charge is 0.299 e. The quantitative estimate of drug-likeness (QED) is 0.174. The van der Waals surface area contributed by atoms with Crippen molar-refractivity contribution in [1.82, 2.24) is 24.3 Å². The van der Waals surface area contributed by atoms with Gasteiger partial charge < -0.3 is 0 Å². The number of imidazole rings is 1. The molecule has 4 aromatic heterocycles. The fourth-order valence-electron chi connectivity index (χ4n) is 8.00. The van der Waals surface area contributed by atoms with Crippen molar-refractivity contribution in [3.05, 3.63) is 176 Å². The first-order chi connectivity index (χ1) is 26.3. The number of hydrogen-bond donors (Lipinski definition) is 0. The topological polar surface area (TPSA) is 56.0 Å². The van der Waals surface area contributed by atoms with E-state index in [2.05, 4.69) is 138 Å². The molecule has 0 spiro atoms. The van der Waals surface area contributed by atoms with Crippen LogP contribution >= 0.6 is 0 Å². The Morgan fingerprint density at radius 2 is 1.13 bits per heavy atom. The minimum Gasteiger partial charge on any atom is -0.299 e. The van der Waals surface area contributed by atoms with Gasteiger partial charge >= 0.3 is 0 Å². The molecule has 0 atom stereocenters. The SMILES string of the molecule is c1ccc(-c2cc3nc(-c4ccccc4)c(-c4ccccn4)nc3cc2-c2ccc3c(c2)c2c4ccccc4ccc2c2nc4ccccn4c32)cc1. The lowest BCUT2D eigenvalue weighted by Crippen LogP contribution is -1.98. The molecule has 0 amide bonds. The van der Waals surface area contributed by atoms with Gasteiger partial charge in [-0.1, -0.05) is 121 Å². The number of nitrogens with zero attached hydrogens (tertiary/aromatic N) is 5. The highest BCUT2D eigenvalue weighted by molar-refractivity contribution is 6.31. The molecule has 0 aliphatic carbocycles. The smallest absolute Gasteiger partial charge is 0.137 e. The molecule has 0 unspecified atom stereocenters. The Labute approximate surface area is 304 Å². The number of hydrogen-bond acceptors (Lipinski definition) is 4. The zero-order valence-corrected chi connectivity index (χ0v) is 28.5. The first kappa shape index (κ1) is 29.5. The Morgan fingerprint density at radius 3 is 1.94 bits per heavy atom. The molecule has 0 bridgehead atoms. The third kappa shape index (κ3) is 4.64. The van der Waals surface area contributed by atoms with E-state index in [9.17, 15) is 0 Å². The molecular weight excluding hydrogens is 647 g/mol. The zero-order valence-electron chi connectivity index (χ0n) is 28.5. The lowest BCUT2D eigenvalue weighted by molar-refractivity contribution is 1.23.